The van der Waals surface area contributed by atoms with E-state index in [9.17, 15) is 14.4 Å². The molecule has 0 aliphatic carbocycles. The first kappa shape index (κ1) is 20.6. The van der Waals surface area contributed by atoms with Gasteiger partial charge in [0, 0.05) is 19.8 Å². The maximum Gasteiger partial charge on any atom is 0.410 e. The standard InChI is InChI=1S/C22H27N3O4/c1-15(2)14-29-22(28)24-10-9-18-17(12-24)13-25(11-16-7-5-4-6-8-16)21(27)19(18)20(26)23-3/h4-8,13,15H,9-12,14H2,1-3H3,(H,23,26). The molecule has 7 nitrogen and oxygen atoms in total. The van der Waals surface area contributed by atoms with Crippen LogP contribution in [0.25, 0.3) is 0 Å². The molecule has 2 amide bonds. The number of aromatic nitrogens is 1. The number of carbonyl (C=O) groups excluding carboxylic acids is 2. The number of pyridine rings is 1. The topological polar surface area (TPSA) is 80.6 Å². The molecule has 0 saturated carbocycles. The van der Waals surface area contributed by atoms with Crippen LogP contribution in [0.3, 0.4) is 0 Å². The third kappa shape index (κ3) is 4.67. The Morgan fingerprint density at radius 3 is 2.59 bits per heavy atom. The van der Waals surface area contributed by atoms with Crippen LogP contribution in [0.4, 0.5) is 4.79 Å². The van der Waals surface area contributed by atoms with Crippen molar-refractivity contribution in [1.82, 2.24) is 14.8 Å². The summed E-state index contributed by atoms with van der Waals surface area (Å²) < 4.78 is 6.89. The average Bonchev–Trinajstić information content (AvgIpc) is 2.72. The van der Waals surface area contributed by atoms with Gasteiger partial charge < -0.3 is 19.5 Å². The molecule has 0 spiro atoms. The zero-order valence-corrected chi connectivity index (χ0v) is 17.1. The van der Waals surface area contributed by atoms with Gasteiger partial charge >= 0.3 is 6.09 Å². The van der Waals surface area contributed by atoms with Crippen molar-refractivity contribution >= 4 is 12.0 Å². The number of hydrogen-bond acceptors (Lipinski definition) is 4. The van der Waals surface area contributed by atoms with E-state index in [1.54, 1.807) is 15.7 Å². The Morgan fingerprint density at radius 1 is 1.21 bits per heavy atom. The van der Waals surface area contributed by atoms with Gasteiger partial charge in [0.25, 0.3) is 11.5 Å². The number of benzene rings is 1. The number of carbonyl (C=O) groups is 2. The summed E-state index contributed by atoms with van der Waals surface area (Å²) in [7, 11) is 1.51. The highest BCUT2D eigenvalue weighted by Gasteiger charge is 2.28. The van der Waals surface area contributed by atoms with Crippen LogP contribution in [0, 0.1) is 5.92 Å². The number of hydrogen-bond donors (Lipinski definition) is 1. The fourth-order valence-electron chi connectivity index (χ4n) is 3.45. The van der Waals surface area contributed by atoms with Gasteiger partial charge in [-0.1, -0.05) is 44.2 Å². The van der Waals surface area contributed by atoms with Gasteiger partial charge in [-0.2, -0.15) is 0 Å². The van der Waals surface area contributed by atoms with Gasteiger partial charge in [-0.05, 0) is 29.0 Å². The van der Waals surface area contributed by atoms with Crippen molar-refractivity contribution in [1.29, 1.82) is 0 Å². The predicted octanol–water partition coefficient (Wildman–Crippen LogP) is 2.41. The van der Waals surface area contributed by atoms with Gasteiger partial charge in [-0.3, -0.25) is 9.59 Å². The fraction of sp³-hybridized carbons (Fsp3) is 0.409. The molecule has 0 radical (unpaired) electrons. The predicted molar refractivity (Wildman–Crippen MR) is 110 cm³/mol. The highest BCUT2D eigenvalue weighted by molar-refractivity contribution is 5.95. The van der Waals surface area contributed by atoms with Crippen LogP contribution >= 0.6 is 0 Å². The minimum atomic E-state index is -0.399. The van der Waals surface area contributed by atoms with E-state index in [2.05, 4.69) is 5.32 Å². The van der Waals surface area contributed by atoms with Crippen LogP contribution < -0.4 is 10.9 Å². The minimum Gasteiger partial charge on any atom is -0.449 e. The maximum atomic E-state index is 13.0. The van der Waals surface area contributed by atoms with Crippen molar-refractivity contribution in [2.24, 2.45) is 5.92 Å². The summed E-state index contributed by atoms with van der Waals surface area (Å²) in [5.74, 6) is -0.142. The smallest absolute Gasteiger partial charge is 0.410 e. The second-order valence-corrected chi connectivity index (χ2v) is 7.65. The zero-order chi connectivity index (χ0) is 21.0. The Balaban J connectivity index is 1.95. The van der Waals surface area contributed by atoms with Crippen molar-refractivity contribution < 1.29 is 14.3 Å². The minimum absolute atomic E-state index is 0.163. The monoisotopic (exact) mass is 397 g/mol. The van der Waals surface area contributed by atoms with E-state index in [0.29, 0.717) is 38.2 Å². The molecule has 2 heterocycles. The van der Waals surface area contributed by atoms with Crippen molar-refractivity contribution in [2.75, 3.05) is 20.2 Å². The van der Waals surface area contributed by atoms with Gasteiger partial charge in [0.15, 0.2) is 0 Å². The number of nitrogens with one attached hydrogen (secondary N) is 1. The molecule has 1 aliphatic heterocycles. The van der Waals surface area contributed by atoms with Crippen molar-refractivity contribution in [3.05, 3.63) is 69.1 Å². The Labute approximate surface area is 170 Å². The number of fused-ring (bicyclic) bond motifs is 1. The number of amides is 2. The van der Waals surface area contributed by atoms with E-state index >= 15 is 0 Å². The van der Waals surface area contributed by atoms with E-state index in [-0.39, 0.29) is 23.1 Å². The molecule has 3 rings (SSSR count). The Bertz CT molecular complexity index is 951. The number of rotatable bonds is 5. The summed E-state index contributed by atoms with van der Waals surface area (Å²) in [4.78, 5) is 39.5. The normalized spacial score (nSPS) is 13.2. The summed E-state index contributed by atoms with van der Waals surface area (Å²) in [6, 6.07) is 9.59. The molecule has 0 saturated heterocycles. The summed E-state index contributed by atoms with van der Waals surface area (Å²) in [6.07, 6.45) is 1.83. The van der Waals surface area contributed by atoms with Crippen LogP contribution in [0.1, 0.15) is 40.9 Å². The highest BCUT2D eigenvalue weighted by atomic mass is 16.6. The Hall–Kier alpha value is -3.09. The molecule has 0 bridgehead atoms. The third-order valence-corrected chi connectivity index (χ3v) is 4.92. The zero-order valence-electron chi connectivity index (χ0n) is 17.1. The van der Waals surface area contributed by atoms with E-state index in [4.69, 9.17) is 4.74 Å². The largest absolute Gasteiger partial charge is 0.449 e. The molecular weight excluding hydrogens is 370 g/mol. The number of nitrogens with zero attached hydrogens (tertiary/aromatic N) is 2. The molecule has 154 valence electrons. The lowest BCUT2D eigenvalue weighted by molar-refractivity contribution is 0.0876. The molecule has 0 fully saturated rings. The van der Waals surface area contributed by atoms with Crippen molar-refractivity contribution in [2.45, 2.75) is 33.4 Å². The van der Waals surface area contributed by atoms with Crippen LogP contribution in [0.2, 0.25) is 0 Å². The quantitative estimate of drug-likeness (QED) is 0.840. The molecule has 29 heavy (non-hydrogen) atoms. The van der Waals surface area contributed by atoms with Gasteiger partial charge in [-0.25, -0.2) is 4.79 Å². The molecule has 1 aliphatic rings. The second-order valence-electron chi connectivity index (χ2n) is 7.65. The molecule has 2 aromatic rings. The van der Waals surface area contributed by atoms with E-state index in [1.165, 1.54) is 7.05 Å². The van der Waals surface area contributed by atoms with Gasteiger partial charge in [0.1, 0.15) is 5.56 Å². The van der Waals surface area contributed by atoms with Crippen LogP contribution in [0.15, 0.2) is 41.3 Å². The molecule has 1 aromatic heterocycles. The first-order valence-electron chi connectivity index (χ1n) is 9.83. The van der Waals surface area contributed by atoms with E-state index < -0.39 is 5.91 Å². The SMILES string of the molecule is CNC(=O)c1c2c(cn(Cc3ccccc3)c1=O)CN(C(=O)OCC(C)C)CC2. The molecular formula is C22H27N3O4. The van der Waals surface area contributed by atoms with Crippen LogP contribution in [0.5, 0.6) is 0 Å². The summed E-state index contributed by atoms with van der Waals surface area (Å²) >= 11 is 0. The first-order chi connectivity index (χ1) is 13.9. The summed E-state index contributed by atoms with van der Waals surface area (Å²) in [6.45, 7) is 5.41. The lowest BCUT2D eigenvalue weighted by Gasteiger charge is -2.30. The maximum absolute atomic E-state index is 13.0. The van der Waals surface area contributed by atoms with Gasteiger partial charge in [0.2, 0.25) is 0 Å². The van der Waals surface area contributed by atoms with Crippen molar-refractivity contribution in [3.63, 3.8) is 0 Å². The average molecular weight is 397 g/mol. The molecule has 1 N–H and O–H groups in total. The molecule has 0 unspecified atom stereocenters. The third-order valence-electron chi connectivity index (χ3n) is 4.92. The second kappa shape index (κ2) is 8.94. The molecule has 7 heteroatoms. The summed E-state index contributed by atoms with van der Waals surface area (Å²) in [5, 5.41) is 2.57. The first-order valence-corrected chi connectivity index (χ1v) is 9.83. The Kier molecular flexibility index (Phi) is 6.36. The highest BCUT2D eigenvalue weighted by Crippen LogP contribution is 2.22. The van der Waals surface area contributed by atoms with Crippen LogP contribution in [-0.4, -0.2) is 41.7 Å². The van der Waals surface area contributed by atoms with Gasteiger partial charge in [0.05, 0.1) is 19.7 Å². The van der Waals surface area contributed by atoms with E-state index in [1.807, 2.05) is 44.2 Å². The summed E-state index contributed by atoms with van der Waals surface area (Å²) in [5.41, 5.74) is 2.32. The van der Waals surface area contributed by atoms with E-state index in [0.717, 1.165) is 11.1 Å². The Morgan fingerprint density at radius 2 is 1.93 bits per heavy atom. The van der Waals surface area contributed by atoms with Gasteiger partial charge in [-0.15, -0.1) is 0 Å². The number of ether oxygens (including phenoxy) is 1. The lowest BCUT2D eigenvalue weighted by atomic mass is 9.96. The molecule has 1 aromatic carbocycles. The van der Waals surface area contributed by atoms with Crippen LogP contribution in [-0.2, 0) is 24.2 Å². The lowest BCUT2D eigenvalue weighted by Crippen LogP contribution is -2.41. The fourth-order valence-corrected chi connectivity index (χ4v) is 3.45. The van der Waals surface area contributed by atoms with Crippen molar-refractivity contribution in [3.8, 4) is 0 Å². The molecule has 0 atom stereocenters.